The van der Waals surface area contributed by atoms with Crippen molar-refractivity contribution >= 4 is 11.9 Å². The molecule has 22 heavy (non-hydrogen) atoms. The number of aryl methyl sites for hydroxylation is 1. The number of benzene rings is 1. The minimum atomic E-state index is -2.49. The number of hydrazone groups is 1. The first-order valence-electron chi connectivity index (χ1n) is 7.69. The van der Waals surface area contributed by atoms with Crippen LogP contribution in [0, 0.1) is 0 Å². The predicted molar refractivity (Wildman–Crippen MR) is 84.6 cm³/mol. The molecule has 0 radical (unpaired) electrons. The molecule has 0 saturated heterocycles. The molecule has 6 heteroatoms. The lowest BCUT2D eigenvalue weighted by atomic mass is 9.89. The molecule has 0 bridgehead atoms. The number of alkyl halides is 2. The summed E-state index contributed by atoms with van der Waals surface area (Å²) in [6, 6.07) is 3.59. The molecule has 3 rings (SSSR count). The topological polar surface area (TPSA) is 44.9 Å². The monoisotopic (exact) mass is 308 g/mol. The summed E-state index contributed by atoms with van der Waals surface area (Å²) in [4.78, 5) is 2.02. The Hall–Kier alpha value is -1.69. The zero-order valence-corrected chi connectivity index (χ0v) is 13.0. The third-order valence-electron chi connectivity index (χ3n) is 4.47. The van der Waals surface area contributed by atoms with Crippen molar-refractivity contribution in [2.24, 2.45) is 10.8 Å². The van der Waals surface area contributed by atoms with Gasteiger partial charge in [0.1, 0.15) is 0 Å². The molecule has 2 N–H and O–H groups in total. The zero-order chi connectivity index (χ0) is 15.9. The predicted octanol–water partition coefficient (Wildman–Crippen LogP) is 2.70. The summed E-state index contributed by atoms with van der Waals surface area (Å²) in [6.45, 7) is 3.36. The summed E-state index contributed by atoms with van der Waals surface area (Å²) in [7, 11) is 1.86. The first-order valence-corrected chi connectivity index (χ1v) is 7.69. The first-order chi connectivity index (χ1) is 10.5. The lowest BCUT2D eigenvalue weighted by Crippen LogP contribution is -2.42. The van der Waals surface area contributed by atoms with E-state index in [-0.39, 0.29) is 17.6 Å². The van der Waals surface area contributed by atoms with Gasteiger partial charge in [0, 0.05) is 43.5 Å². The fraction of sp³-hybridized carbons (Fsp3) is 0.562. The van der Waals surface area contributed by atoms with Gasteiger partial charge in [-0.3, -0.25) is 5.01 Å². The standard InChI is InChI=1S/C16H22F2N4/c1-10(19)22-5-3-4-11-6-13(12-8-20-21(2)9-12)14(16(17)18)7-15(11)22/h6-8,10,12,16H,3-5,9,19H2,1-2H3. The van der Waals surface area contributed by atoms with E-state index in [1.54, 1.807) is 17.3 Å². The Morgan fingerprint density at radius 2 is 2.14 bits per heavy atom. The molecule has 2 atom stereocenters. The van der Waals surface area contributed by atoms with Crippen molar-refractivity contribution in [1.29, 1.82) is 0 Å². The molecular weight excluding hydrogens is 286 g/mol. The van der Waals surface area contributed by atoms with Gasteiger partial charge in [0.15, 0.2) is 0 Å². The van der Waals surface area contributed by atoms with Crippen LogP contribution < -0.4 is 10.6 Å². The molecule has 120 valence electrons. The molecule has 0 spiro atoms. The van der Waals surface area contributed by atoms with E-state index in [2.05, 4.69) is 5.10 Å². The molecule has 2 heterocycles. The van der Waals surface area contributed by atoms with E-state index in [1.165, 1.54) is 0 Å². The molecule has 0 aromatic heterocycles. The highest BCUT2D eigenvalue weighted by Crippen LogP contribution is 2.38. The molecule has 0 aliphatic carbocycles. The van der Waals surface area contributed by atoms with Crippen molar-refractivity contribution in [1.82, 2.24) is 5.01 Å². The van der Waals surface area contributed by atoms with Crippen molar-refractivity contribution in [3.8, 4) is 0 Å². The minimum Gasteiger partial charge on any atom is -0.356 e. The molecular formula is C16H22F2N4. The van der Waals surface area contributed by atoms with Crippen LogP contribution in [0.1, 0.15) is 42.4 Å². The second kappa shape index (κ2) is 5.83. The van der Waals surface area contributed by atoms with Gasteiger partial charge in [0.05, 0.1) is 6.17 Å². The van der Waals surface area contributed by atoms with E-state index >= 15 is 0 Å². The fourth-order valence-electron chi connectivity index (χ4n) is 3.38. The molecule has 2 aliphatic rings. The summed E-state index contributed by atoms with van der Waals surface area (Å²) in [6.07, 6.45) is 1.01. The van der Waals surface area contributed by atoms with E-state index in [1.807, 2.05) is 24.9 Å². The molecule has 1 aromatic rings. The highest BCUT2D eigenvalue weighted by molar-refractivity contribution is 5.72. The average Bonchev–Trinajstić information content (AvgIpc) is 2.91. The summed E-state index contributed by atoms with van der Waals surface area (Å²) in [5, 5.41) is 5.97. The second-order valence-electron chi connectivity index (χ2n) is 6.16. The Bertz CT molecular complexity index is 586. The van der Waals surface area contributed by atoms with E-state index in [9.17, 15) is 8.78 Å². The zero-order valence-electron chi connectivity index (χ0n) is 13.0. The average molecular weight is 308 g/mol. The number of fused-ring (bicyclic) bond motifs is 1. The highest BCUT2D eigenvalue weighted by Gasteiger charge is 2.28. The summed E-state index contributed by atoms with van der Waals surface area (Å²) in [5.74, 6) is -0.0648. The number of anilines is 1. The summed E-state index contributed by atoms with van der Waals surface area (Å²) in [5.41, 5.74) is 8.79. The molecule has 0 fully saturated rings. The van der Waals surface area contributed by atoms with Crippen LogP contribution >= 0.6 is 0 Å². The van der Waals surface area contributed by atoms with Gasteiger partial charge < -0.3 is 10.6 Å². The van der Waals surface area contributed by atoms with E-state index in [0.29, 0.717) is 12.1 Å². The van der Waals surface area contributed by atoms with Crippen LogP contribution in [0.5, 0.6) is 0 Å². The quantitative estimate of drug-likeness (QED) is 0.934. The molecule has 2 unspecified atom stereocenters. The van der Waals surface area contributed by atoms with Crippen molar-refractivity contribution in [2.45, 2.75) is 38.3 Å². The Balaban J connectivity index is 2.06. The van der Waals surface area contributed by atoms with Crippen LogP contribution in [-0.2, 0) is 6.42 Å². The second-order valence-corrected chi connectivity index (χ2v) is 6.16. The maximum Gasteiger partial charge on any atom is 0.264 e. The Morgan fingerprint density at radius 1 is 1.36 bits per heavy atom. The number of hydrogen-bond donors (Lipinski definition) is 1. The van der Waals surface area contributed by atoms with Gasteiger partial charge in [0.2, 0.25) is 0 Å². The van der Waals surface area contributed by atoms with Crippen molar-refractivity contribution in [3.05, 3.63) is 28.8 Å². The number of nitrogens with two attached hydrogens (primary N) is 1. The lowest BCUT2D eigenvalue weighted by molar-refractivity contribution is 0.150. The number of halogens is 2. The highest BCUT2D eigenvalue weighted by atomic mass is 19.3. The van der Waals surface area contributed by atoms with Crippen molar-refractivity contribution in [2.75, 3.05) is 25.0 Å². The first kappa shape index (κ1) is 15.2. The summed E-state index contributed by atoms with van der Waals surface area (Å²) >= 11 is 0. The molecule has 0 saturated carbocycles. The van der Waals surface area contributed by atoms with Gasteiger partial charge >= 0.3 is 0 Å². The maximum atomic E-state index is 13.6. The Labute approximate surface area is 129 Å². The van der Waals surface area contributed by atoms with Crippen molar-refractivity contribution in [3.63, 3.8) is 0 Å². The van der Waals surface area contributed by atoms with Gasteiger partial charge in [0.25, 0.3) is 6.43 Å². The van der Waals surface area contributed by atoms with E-state index in [4.69, 9.17) is 5.73 Å². The normalized spacial score (nSPS) is 22.4. The van der Waals surface area contributed by atoms with Crippen LogP contribution in [0.15, 0.2) is 17.2 Å². The van der Waals surface area contributed by atoms with Gasteiger partial charge in [-0.2, -0.15) is 5.10 Å². The lowest BCUT2D eigenvalue weighted by Gasteiger charge is -2.35. The van der Waals surface area contributed by atoms with E-state index in [0.717, 1.165) is 30.6 Å². The Kier molecular flexibility index (Phi) is 4.04. The minimum absolute atomic E-state index is 0.0648. The van der Waals surface area contributed by atoms with Crippen LogP contribution in [0.25, 0.3) is 0 Å². The van der Waals surface area contributed by atoms with Crippen LogP contribution in [0.3, 0.4) is 0 Å². The number of likely N-dealkylation sites (N-methyl/N-ethyl adjacent to an activating group) is 1. The molecule has 2 aliphatic heterocycles. The van der Waals surface area contributed by atoms with Crippen molar-refractivity contribution < 1.29 is 8.78 Å². The molecule has 1 aromatic carbocycles. The third-order valence-corrected chi connectivity index (χ3v) is 4.47. The van der Waals surface area contributed by atoms with Crippen LogP contribution in [0.4, 0.5) is 14.5 Å². The molecule has 4 nitrogen and oxygen atoms in total. The Morgan fingerprint density at radius 3 is 2.73 bits per heavy atom. The van der Waals surface area contributed by atoms with Gasteiger partial charge in [-0.05, 0) is 37.0 Å². The fourth-order valence-corrected chi connectivity index (χ4v) is 3.38. The van der Waals surface area contributed by atoms with Crippen LogP contribution in [-0.4, -0.2) is 37.5 Å². The largest absolute Gasteiger partial charge is 0.356 e. The number of nitrogens with zero attached hydrogens (tertiary/aromatic N) is 3. The van der Waals surface area contributed by atoms with E-state index < -0.39 is 6.43 Å². The van der Waals surface area contributed by atoms with Gasteiger partial charge in [-0.25, -0.2) is 8.78 Å². The molecule has 0 amide bonds. The van der Waals surface area contributed by atoms with Gasteiger partial charge in [-0.1, -0.05) is 6.07 Å². The SMILES string of the molecule is CC(N)N1CCCc2cc(C3C=NN(C)C3)c(C(F)F)cc21. The third kappa shape index (κ3) is 2.67. The number of hydrogen-bond acceptors (Lipinski definition) is 4. The summed E-state index contributed by atoms with van der Waals surface area (Å²) < 4.78 is 27.1. The van der Waals surface area contributed by atoms with Gasteiger partial charge in [-0.15, -0.1) is 0 Å². The smallest absolute Gasteiger partial charge is 0.264 e. The van der Waals surface area contributed by atoms with Crippen LogP contribution in [0.2, 0.25) is 0 Å². The maximum absolute atomic E-state index is 13.6. The number of rotatable bonds is 3.